The van der Waals surface area contributed by atoms with Gasteiger partial charge < -0.3 is 5.11 Å². The van der Waals surface area contributed by atoms with Crippen molar-refractivity contribution in [1.29, 1.82) is 0 Å². The molecule has 0 saturated carbocycles. The number of hydrogen-bond donors (Lipinski definition) is 1. The number of aromatic carboxylic acids is 1. The van der Waals surface area contributed by atoms with Crippen molar-refractivity contribution in [2.75, 3.05) is 0 Å². The normalized spacial score (nSPS) is 10.3. The average molecular weight is 310 g/mol. The second kappa shape index (κ2) is 5.09. The number of carbonyl (C=O) groups is 1. The first kappa shape index (κ1) is 12.4. The van der Waals surface area contributed by atoms with Crippen LogP contribution in [0.1, 0.15) is 16.2 Å². The lowest BCUT2D eigenvalue weighted by Gasteiger charge is -2.05. The summed E-state index contributed by atoms with van der Waals surface area (Å²) in [5.41, 5.74) is 0.188. The van der Waals surface area contributed by atoms with E-state index in [1.807, 2.05) is 0 Å². The van der Waals surface area contributed by atoms with Crippen molar-refractivity contribution in [3.05, 3.63) is 56.9 Å². The first-order valence-electron chi connectivity index (χ1n) is 4.97. The molecule has 18 heavy (non-hydrogen) atoms. The fourth-order valence-corrected chi connectivity index (χ4v) is 1.74. The summed E-state index contributed by atoms with van der Waals surface area (Å²) < 4.78 is 1.69. The van der Waals surface area contributed by atoms with Crippen LogP contribution in [0.4, 0.5) is 0 Å². The number of rotatable bonds is 3. The van der Waals surface area contributed by atoms with E-state index in [-0.39, 0.29) is 17.8 Å². The van der Waals surface area contributed by atoms with E-state index in [1.165, 1.54) is 23.2 Å². The van der Waals surface area contributed by atoms with Gasteiger partial charge in [-0.2, -0.15) is 0 Å². The van der Waals surface area contributed by atoms with Gasteiger partial charge in [0, 0.05) is 6.20 Å². The summed E-state index contributed by atoms with van der Waals surface area (Å²) in [6.45, 7) is 0.173. The van der Waals surface area contributed by atoms with Gasteiger partial charge in [-0.1, -0.05) is 6.07 Å². The van der Waals surface area contributed by atoms with Crippen LogP contribution in [0.3, 0.4) is 0 Å². The Labute approximate surface area is 110 Å². The van der Waals surface area contributed by atoms with E-state index in [2.05, 4.69) is 25.9 Å². The maximum Gasteiger partial charge on any atom is 0.354 e. The third-order valence-corrected chi connectivity index (χ3v) is 2.76. The zero-order chi connectivity index (χ0) is 13.1. The smallest absolute Gasteiger partial charge is 0.354 e. The summed E-state index contributed by atoms with van der Waals surface area (Å²) in [6, 6.07) is 4.63. The van der Waals surface area contributed by atoms with Gasteiger partial charge in [0.1, 0.15) is 10.2 Å². The van der Waals surface area contributed by atoms with Crippen molar-refractivity contribution in [2.24, 2.45) is 0 Å². The molecule has 7 heteroatoms. The number of nitrogens with zero attached hydrogens (tertiary/aromatic N) is 3. The third kappa shape index (κ3) is 2.62. The fourth-order valence-electron chi connectivity index (χ4n) is 1.40. The molecule has 0 fully saturated rings. The highest BCUT2D eigenvalue weighted by Gasteiger charge is 2.07. The molecule has 0 atom stereocenters. The lowest BCUT2D eigenvalue weighted by Crippen LogP contribution is -2.22. The van der Waals surface area contributed by atoms with Gasteiger partial charge in [-0.05, 0) is 28.1 Å². The van der Waals surface area contributed by atoms with E-state index in [1.54, 1.807) is 12.1 Å². The van der Waals surface area contributed by atoms with Crippen LogP contribution in [0.5, 0.6) is 0 Å². The van der Waals surface area contributed by atoms with Gasteiger partial charge in [0.25, 0.3) is 5.56 Å². The van der Waals surface area contributed by atoms with Crippen LogP contribution in [0.25, 0.3) is 0 Å². The van der Waals surface area contributed by atoms with E-state index in [0.717, 1.165) is 0 Å². The molecular formula is C11H8BrN3O3. The summed E-state index contributed by atoms with van der Waals surface area (Å²) in [5, 5.41) is 8.82. The number of pyridine rings is 1. The van der Waals surface area contributed by atoms with Crippen molar-refractivity contribution in [3.8, 4) is 0 Å². The highest BCUT2D eigenvalue weighted by Crippen LogP contribution is 2.03. The summed E-state index contributed by atoms with van der Waals surface area (Å²) in [5.74, 6) is -1.10. The molecule has 0 radical (unpaired) electrons. The summed E-state index contributed by atoms with van der Waals surface area (Å²) >= 11 is 3.09. The molecule has 0 spiro atoms. The highest BCUT2D eigenvalue weighted by atomic mass is 79.9. The highest BCUT2D eigenvalue weighted by molar-refractivity contribution is 9.10. The first-order valence-corrected chi connectivity index (χ1v) is 5.76. The molecule has 92 valence electrons. The van der Waals surface area contributed by atoms with Crippen LogP contribution in [-0.2, 0) is 6.54 Å². The Morgan fingerprint density at radius 2 is 2.22 bits per heavy atom. The standard InChI is InChI=1S/C11H8BrN3O3/c12-8-4-13-6-15(10(8)16)5-7-2-1-3-9(14-7)11(17)18/h1-4,6H,5H2,(H,17,18). The Morgan fingerprint density at radius 3 is 2.94 bits per heavy atom. The van der Waals surface area contributed by atoms with Gasteiger partial charge in [0.05, 0.1) is 18.6 Å². The average Bonchev–Trinajstić information content (AvgIpc) is 2.35. The molecule has 0 amide bonds. The topological polar surface area (TPSA) is 85.1 Å². The molecule has 0 unspecified atom stereocenters. The summed E-state index contributed by atoms with van der Waals surface area (Å²) in [4.78, 5) is 30.3. The monoisotopic (exact) mass is 309 g/mol. The molecule has 0 bridgehead atoms. The van der Waals surface area contributed by atoms with Crippen molar-refractivity contribution < 1.29 is 9.90 Å². The zero-order valence-corrected chi connectivity index (χ0v) is 10.7. The second-order valence-corrected chi connectivity index (χ2v) is 4.35. The fraction of sp³-hybridized carbons (Fsp3) is 0.0909. The molecule has 0 aliphatic carbocycles. The lowest BCUT2D eigenvalue weighted by atomic mass is 10.3. The number of hydrogen-bond acceptors (Lipinski definition) is 4. The minimum atomic E-state index is -1.10. The summed E-state index contributed by atoms with van der Waals surface area (Å²) in [6.07, 6.45) is 2.78. The number of aromatic nitrogens is 3. The minimum absolute atomic E-state index is 0.0523. The van der Waals surface area contributed by atoms with Crippen LogP contribution in [0, 0.1) is 0 Å². The van der Waals surface area contributed by atoms with Crippen molar-refractivity contribution >= 4 is 21.9 Å². The van der Waals surface area contributed by atoms with Crippen molar-refractivity contribution in [2.45, 2.75) is 6.54 Å². The van der Waals surface area contributed by atoms with Crippen LogP contribution in [0.15, 0.2) is 40.0 Å². The van der Waals surface area contributed by atoms with Crippen LogP contribution >= 0.6 is 15.9 Å². The Balaban J connectivity index is 2.34. The molecule has 0 aliphatic rings. The zero-order valence-electron chi connectivity index (χ0n) is 9.08. The molecule has 2 rings (SSSR count). The Morgan fingerprint density at radius 1 is 1.44 bits per heavy atom. The Bertz CT molecular complexity index is 654. The van der Waals surface area contributed by atoms with Crippen molar-refractivity contribution in [3.63, 3.8) is 0 Å². The van der Waals surface area contributed by atoms with Crippen LogP contribution in [-0.4, -0.2) is 25.6 Å². The van der Waals surface area contributed by atoms with Gasteiger partial charge in [-0.3, -0.25) is 9.36 Å². The van der Waals surface area contributed by atoms with Crippen LogP contribution < -0.4 is 5.56 Å². The van der Waals surface area contributed by atoms with Gasteiger partial charge in [-0.15, -0.1) is 0 Å². The number of halogens is 1. The molecule has 6 nitrogen and oxygen atoms in total. The molecule has 2 heterocycles. The van der Waals surface area contributed by atoms with Gasteiger partial charge >= 0.3 is 5.97 Å². The van der Waals surface area contributed by atoms with E-state index in [9.17, 15) is 9.59 Å². The van der Waals surface area contributed by atoms with E-state index in [4.69, 9.17) is 5.11 Å². The predicted molar refractivity (Wildman–Crippen MR) is 66.5 cm³/mol. The van der Waals surface area contributed by atoms with Gasteiger partial charge in [0.15, 0.2) is 0 Å². The molecule has 0 aromatic carbocycles. The third-order valence-electron chi connectivity index (χ3n) is 2.22. The molecule has 0 aliphatic heterocycles. The van der Waals surface area contributed by atoms with Gasteiger partial charge in [0.2, 0.25) is 0 Å². The molecular weight excluding hydrogens is 302 g/mol. The largest absolute Gasteiger partial charge is 0.477 e. The first-order chi connectivity index (χ1) is 8.58. The Kier molecular flexibility index (Phi) is 3.52. The SMILES string of the molecule is O=C(O)c1cccc(Cn2cncc(Br)c2=O)n1. The Hall–Kier alpha value is -2.02. The minimum Gasteiger partial charge on any atom is -0.477 e. The molecule has 1 N–H and O–H groups in total. The van der Waals surface area contributed by atoms with E-state index >= 15 is 0 Å². The van der Waals surface area contributed by atoms with E-state index in [0.29, 0.717) is 10.2 Å². The number of carboxylic acids is 1. The lowest BCUT2D eigenvalue weighted by molar-refractivity contribution is 0.0690. The van der Waals surface area contributed by atoms with Crippen molar-refractivity contribution in [1.82, 2.24) is 14.5 Å². The van der Waals surface area contributed by atoms with Gasteiger partial charge in [-0.25, -0.2) is 14.8 Å². The predicted octanol–water partition coefficient (Wildman–Crippen LogP) is 1.15. The maximum absolute atomic E-state index is 11.7. The summed E-state index contributed by atoms with van der Waals surface area (Å²) in [7, 11) is 0. The molecule has 2 aromatic heterocycles. The number of carboxylic acid groups (broad SMARTS) is 1. The maximum atomic E-state index is 11.7. The second-order valence-electron chi connectivity index (χ2n) is 3.49. The van der Waals surface area contributed by atoms with E-state index < -0.39 is 5.97 Å². The molecule has 2 aromatic rings. The quantitative estimate of drug-likeness (QED) is 0.919. The molecule has 0 saturated heterocycles. The van der Waals surface area contributed by atoms with Crippen LogP contribution in [0.2, 0.25) is 0 Å².